The summed E-state index contributed by atoms with van der Waals surface area (Å²) in [5.74, 6) is 0. The molecule has 0 N–H and O–H groups in total. The van der Waals surface area contributed by atoms with E-state index < -0.39 is 10.5 Å². The lowest BCUT2D eigenvalue weighted by Gasteiger charge is -2.17. The highest BCUT2D eigenvalue weighted by molar-refractivity contribution is 5.75. The van der Waals surface area contributed by atoms with Gasteiger partial charge in [-0.25, -0.2) is 0 Å². The van der Waals surface area contributed by atoms with Crippen molar-refractivity contribution in [1.82, 2.24) is 0 Å². The second kappa shape index (κ2) is 3.98. The van der Waals surface area contributed by atoms with Gasteiger partial charge >= 0.3 is 0 Å². The topological polar surface area (TPSA) is 55.5 Å². The van der Waals surface area contributed by atoms with Crippen molar-refractivity contribution in [3.63, 3.8) is 0 Å². The van der Waals surface area contributed by atoms with Crippen molar-refractivity contribution in [1.29, 1.82) is 0 Å². The van der Waals surface area contributed by atoms with Crippen molar-refractivity contribution < 1.29 is 4.92 Å². The Bertz CT molecular complexity index is 267. The maximum atomic E-state index is 10.1. The molecule has 0 spiro atoms. The Labute approximate surface area is 76.8 Å². The molecule has 70 valence electrons. The number of hydrogen-bond acceptors (Lipinski definition) is 3. The van der Waals surface area contributed by atoms with Crippen molar-refractivity contribution in [3.8, 4) is 0 Å². The molecule has 0 aromatic carbocycles. The van der Waals surface area contributed by atoms with E-state index in [1.54, 1.807) is 6.21 Å². The van der Waals surface area contributed by atoms with Gasteiger partial charge in [-0.2, -0.15) is 0 Å². The van der Waals surface area contributed by atoms with Crippen LogP contribution in [-0.4, -0.2) is 16.7 Å². The third-order valence-electron chi connectivity index (χ3n) is 1.92. The Kier molecular flexibility index (Phi) is 2.95. The van der Waals surface area contributed by atoms with Crippen LogP contribution in [0, 0.1) is 10.1 Å². The minimum absolute atomic E-state index is 0.457. The number of nitrogens with zero attached hydrogens (tertiary/aromatic N) is 2. The summed E-state index contributed by atoms with van der Waals surface area (Å²) in [4.78, 5) is 13.9. The first-order chi connectivity index (χ1) is 6.18. The standard InChI is InChI=1S/C9H12N2O2/c1-2-4-9(5-3-7-10-9)6-8-11(12)13/h3,5-8H,2,4H2,1H3. The smallest absolute Gasteiger partial charge is 0.233 e. The van der Waals surface area contributed by atoms with Gasteiger partial charge in [0, 0.05) is 12.3 Å². The summed E-state index contributed by atoms with van der Waals surface area (Å²) in [5.41, 5.74) is -0.457. The summed E-state index contributed by atoms with van der Waals surface area (Å²) in [6, 6.07) is 0. The van der Waals surface area contributed by atoms with E-state index in [0.29, 0.717) is 0 Å². The van der Waals surface area contributed by atoms with Crippen LogP contribution in [0.5, 0.6) is 0 Å². The minimum Gasteiger partial charge on any atom is -0.278 e. The summed E-state index contributed by atoms with van der Waals surface area (Å²) >= 11 is 0. The van der Waals surface area contributed by atoms with Gasteiger partial charge in [-0.3, -0.25) is 15.1 Å². The molecule has 1 unspecified atom stereocenters. The van der Waals surface area contributed by atoms with Crippen LogP contribution in [0.25, 0.3) is 0 Å². The predicted octanol–water partition coefficient (Wildman–Crippen LogP) is 1.96. The van der Waals surface area contributed by atoms with Crippen molar-refractivity contribution in [2.75, 3.05) is 0 Å². The largest absolute Gasteiger partial charge is 0.278 e. The highest BCUT2D eigenvalue weighted by Crippen LogP contribution is 2.24. The van der Waals surface area contributed by atoms with Crippen molar-refractivity contribution in [2.24, 2.45) is 4.99 Å². The third kappa shape index (κ3) is 2.50. The van der Waals surface area contributed by atoms with E-state index >= 15 is 0 Å². The lowest BCUT2D eigenvalue weighted by Crippen LogP contribution is -2.18. The van der Waals surface area contributed by atoms with Gasteiger partial charge in [0.25, 0.3) is 0 Å². The SMILES string of the molecule is CCCC1(C=C[N+](=O)[O-])C=CC=N1. The molecule has 0 bridgehead atoms. The number of nitro groups is 1. The zero-order valence-corrected chi connectivity index (χ0v) is 7.51. The first-order valence-corrected chi connectivity index (χ1v) is 4.24. The summed E-state index contributed by atoms with van der Waals surface area (Å²) in [7, 11) is 0. The molecule has 0 saturated heterocycles. The Hall–Kier alpha value is -1.45. The zero-order valence-electron chi connectivity index (χ0n) is 7.51. The monoisotopic (exact) mass is 180 g/mol. The van der Waals surface area contributed by atoms with Gasteiger partial charge < -0.3 is 0 Å². The Morgan fingerprint density at radius 1 is 1.69 bits per heavy atom. The van der Waals surface area contributed by atoms with Crippen LogP contribution in [0.2, 0.25) is 0 Å². The maximum absolute atomic E-state index is 10.1. The van der Waals surface area contributed by atoms with Crippen LogP contribution in [0.3, 0.4) is 0 Å². The lowest BCUT2D eigenvalue weighted by atomic mass is 9.95. The molecule has 1 aliphatic rings. The highest BCUT2D eigenvalue weighted by atomic mass is 16.6. The first-order valence-electron chi connectivity index (χ1n) is 4.24. The van der Waals surface area contributed by atoms with Crippen LogP contribution in [-0.2, 0) is 0 Å². The van der Waals surface area contributed by atoms with Crippen LogP contribution < -0.4 is 0 Å². The third-order valence-corrected chi connectivity index (χ3v) is 1.92. The fourth-order valence-corrected chi connectivity index (χ4v) is 1.35. The van der Waals surface area contributed by atoms with Crippen LogP contribution in [0.15, 0.2) is 29.4 Å². The summed E-state index contributed by atoms with van der Waals surface area (Å²) in [5, 5.41) is 10.1. The summed E-state index contributed by atoms with van der Waals surface area (Å²) in [6.45, 7) is 2.03. The van der Waals surface area contributed by atoms with Gasteiger partial charge in [0.15, 0.2) is 0 Å². The van der Waals surface area contributed by atoms with E-state index in [2.05, 4.69) is 4.99 Å². The van der Waals surface area contributed by atoms with E-state index in [1.165, 1.54) is 6.08 Å². The highest BCUT2D eigenvalue weighted by Gasteiger charge is 2.24. The van der Waals surface area contributed by atoms with Crippen molar-refractivity contribution in [2.45, 2.75) is 25.3 Å². The van der Waals surface area contributed by atoms with E-state index in [9.17, 15) is 10.1 Å². The molecule has 4 heteroatoms. The molecular formula is C9H12N2O2. The molecule has 1 heterocycles. The second-order valence-electron chi connectivity index (χ2n) is 2.98. The molecule has 1 aliphatic heterocycles. The van der Waals surface area contributed by atoms with Crippen molar-refractivity contribution in [3.05, 3.63) is 34.5 Å². The molecule has 0 saturated carbocycles. The average molecular weight is 180 g/mol. The van der Waals surface area contributed by atoms with E-state index in [1.807, 2.05) is 19.1 Å². The van der Waals surface area contributed by atoms with E-state index in [4.69, 9.17) is 0 Å². The summed E-state index contributed by atoms with van der Waals surface area (Å²) in [6.07, 6.45) is 9.64. The van der Waals surface area contributed by atoms with Crippen molar-refractivity contribution >= 4 is 6.21 Å². The molecular weight excluding hydrogens is 168 g/mol. The average Bonchev–Trinajstić information content (AvgIpc) is 2.51. The van der Waals surface area contributed by atoms with E-state index in [0.717, 1.165) is 19.0 Å². The summed E-state index contributed by atoms with van der Waals surface area (Å²) < 4.78 is 0. The molecule has 0 aliphatic carbocycles. The number of allylic oxidation sites excluding steroid dienone is 1. The lowest BCUT2D eigenvalue weighted by molar-refractivity contribution is -0.402. The van der Waals surface area contributed by atoms with Crippen LogP contribution in [0.4, 0.5) is 0 Å². The molecule has 4 nitrogen and oxygen atoms in total. The number of hydrogen-bond donors (Lipinski definition) is 0. The first kappa shape index (κ1) is 9.64. The molecule has 0 radical (unpaired) electrons. The fourth-order valence-electron chi connectivity index (χ4n) is 1.35. The molecule has 0 fully saturated rings. The molecule has 0 amide bonds. The molecule has 0 aromatic heterocycles. The van der Waals surface area contributed by atoms with Gasteiger partial charge in [-0.1, -0.05) is 19.4 Å². The maximum Gasteiger partial charge on any atom is 0.233 e. The number of rotatable bonds is 4. The quantitative estimate of drug-likeness (QED) is 0.490. The van der Waals surface area contributed by atoms with Gasteiger partial charge in [0.2, 0.25) is 6.20 Å². The molecule has 1 rings (SSSR count). The molecule has 0 aromatic rings. The van der Waals surface area contributed by atoms with Gasteiger partial charge in [-0.05, 0) is 12.5 Å². The predicted molar refractivity (Wildman–Crippen MR) is 51.4 cm³/mol. The Morgan fingerprint density at radius 2 is 2.46 bits per heavy atom. The number of aliphatic imine (C=N–C) groups is 1. The van der Waals surface area contributed by atoms with Gasteiger partial charge in [0.1, 0.15) is 5.54 Å². The Balaban J connectivity index is 2.74. The van der Waals surface area contributed by atoms with Gasteiger partial charge in [-0.15, -0.1) is 0 Å². The second-order valence-corrected chi connectivity index (χ2v) is 2.98. The molecule has 13 heavy (non-hydrogen) atoms. The minimum atomic E-state index is -0.459. The molecule has 1 atom stereocenters. The zero-order chi connectivity index (χ0) is 9.73. The van der Waals surface area contributed by atoms with E-state index in [-0.39, 0.29) is 0 Å². The van der Waals surface area contributed by atoms with Crippen LogP contribution >= 0.6 is 0 Å². The Morgan fingerprint density at radius 3 is 2.92 bits per heavy atom. The van der Waals surface area contributed by atoms with Crippen LogP contribution in [0.1, 0.15) is 19.8 Å². The van der Waals surface area contributed by atoms with Gasteiger partial charge in [0.05, 0.1) is 4.92 Å². The normalized spacial score (nSPS) is 25.9. The fraction of sp³-hybridized carbons (Fsp3) is 0.444.